The molecule has 5 nitrogen and oxygen atoms in total. The molecule has 1 N–H and O–H groups in total. The average molecular weight is 316 g/mol. The Kier molecular flexibility index (Phi) is 4.24. The Hall–Kier alpha value is -2.30. The van der Waals surface area contributed by atoms with E-state index < -0.39 is 17.2 Å². The highest BCUT2D eigenvalue weighted by atomic mass is 16.6. The molecule has 0 saturated heterocycles. The van der Waals surface area contributed by atoms with Crippen molar-refractivity contribution < 1.29 is 14.3 Å². The Morgan fingerprint density at radius 3 is 2.39 bits per heavy atom. The molecule has 1 aromatic heterocycles. The molecule has 1 aromatic carbocycles. The lowest BCUT2D eigenvalue weighted by molar-refractivity contribution is -0.113. The molecule has 0 aliphatic carbocycles. The molecular weight excluding hydrogens is 292 g/mol. The minimum Gasteiger partial charge on any atom is -0.444 e. The summed E-state index contributed by atoms with van der Waals surface area (Å²) in [5.74, 6) is 0. The van der Waals surface area contributed by atoms with E-state index >= 15 is 0 Å². The van der Waals surface area contributed by atoms with E-state index in [1.165, 1.54) is 0 Å². The predicted molar refractivity (Wildman–Crippen MR) is 90.4 cm³/mol. The van der Waals surface area contributed by atoms with Crippen LogP contribution in [0.5, 0.6) is 0 Å². The molecule has 5 heteroatoms. The molecule has 1 heterocycles. The molecule has 124 valence electrons. The number of aryl methyl sites for hydroxylation is 1. The second-order valence-electron chi connectivity index (χ2n) is 6.98. The highest BCUT2D eigenvalue weighted by Gasteiger charge is 2.35. The van der Waals surface area contributed by atoms with Crippen molar-refractivity contribution in [3.63, 3.8) is 0 Å². The number of rotatable bonds is 3. The fraction of sp³-hybridized carbons (Fsp3) is 0.444. The van der Waals surface area contributed by atoms with Gasteiger partial charge in [0.25, 0.3) is 0 Å². The van der Waals surface area contributed by atoms with Crippen molar-refractivity contribution in [2.24, 2.45) is 7.05 Å². The summed E-state index contributed by atoms with van der Waals surface area (Å²) >= 11 is 0. The van der Waals surface area contributed by atoms with Crippen LogP contribution in [0, 0.1) is 6.92 Å². The van der Waals surface area contributed by atoms with Crippen molar-refractivity contribution in [2.75, 3.05) is 0 Å². The number of amides is 1. The zero-order valence-electron chi connectivity index (χ0n) is 14.6. The van der Waals surface area contributed by atoms with E-state index in [1.54, 1.807) is 27.7 Å². The first-order chi connectivity index (χ1) is 10.6. The molecular formula is C18H24N2O3. The number of carbonyl (C=O) groups is 2. The van der Waals surface area contributed by atoms with Gasteiger partial charge in [-0.05, 0) is 40.7 Å². The number of alkyl carbamates (subject to hydrolysis) is 1. The summed E-state index contributed by atoms with van der Waals surface area (Å²) < 4.78 is 7.32. The van der Waals surface area contributed by atoms with Crippen molar-refractivity contribution in [3.05, 3.63) is 35.5 Å². The fourth-order valence-electron chi connectivity index (χ4n) is 2.84. The highest BCUT2D eigenvalue weighted by molar-refractivity contribution is 5.91. The standard InChI is InChI=1S/C18H24N2O3/c1-12-15(13-9-7-8-10-14(13)20(12)6)18(5,11-21)19-16(22)23-17(2,3)4/h7-11H,1-6H3,(H,19,22). The number of aldehydes is 1. The molecule has 23 heavy (non-hydrogen) atoms. The molecule has 2 aromatic rings. The summed E-state index contributed by atoms with van der Waals surface area (Å²) in [6, 6.07) is 7.82. The molecule has 0 bridgehead atoms. The van der Waals surface area contributed by atoms with Crippen molar-refractivity contribution in [1.29, 1.82) is 0 Å². The van der Waals surface area contributed by atoms with Crippen LogP contribution in [0.25, 0.3) is 10.9 Å². The zero-order chi connectivity index (χ0) is 17.4. The Bertz CT molecular complexity index is 755. The number of ether oxygens (including phenoxy) is 1. The summed E-state index contributed by atoms with van der Waals surface area (Å²) in [5.41, 5.74) is 0.946. The van der Waals surface area contributed by atoms with Gasteiger partial charge in [0.05, 0.1) is 0 Å². The summed E-state index contributed by atoms with van der Waals surface area (Å²) in [4.78, 5) is 24.0. The normalized spacial score (nSPS) is 14.3. The zero-order valence-corrected chi connectivity index (χ0v) is 14.6. The third-order valence-electron chi connectivity index (χ3n) is 3.92. The van der Waals surface area contributed by atoms with Crippen LogP contribution in [0.4, 0.5) is 4.79 Å². The van der Waals surface area contributed by atoms with Gasteiger partial charge in [-0.25, -0.2) is 4.79 Å². The van der Waals surface area contributed by atoms with Gasteiger partial charge in [-0.3, -0.25) is 0 Å². The van der Waals surface area contributed by atoms with Crippen molar-refractivity contribution in [1.82, 2.24) is 9.88 Å². The van der Waals surface area contributed by atoms with E-state index in [2.05, 4.69) is 5.32 Å². The van der Waals surface area contributed by atoms with Gasteiger partial charge in [0.1, 0.15) is 17.4 Å². The maximum absolute atomic E-state index is 12.2. The van der Waals surface area contributed by atoms with Crippen LogP contribution in [0.2, 0.25) is 0 Å². The van der Waals surface area contributed by atoms with Crippen molar-refractivity contribution >= 4 is 23.3 Å². The molecule has 1 amide bonds. The Morgan fingerprint density at radius 1 is 1.22 bits per heavy atom. The molecule has 1 atom stereocenters. The monoisotopic (exact) mass is 316 g/mol. The van der Waals surface area contributed by atoms with Crippen molar-refractivity contribution in [3.8, 4) is 0 Å². The van der Waals surface area contributed by atoms with Crippen LogP contribution < -0.4 is 5.32 Å². The maximum atomic E-state index is 12.2. The summed E-state index contributed by atoms with van der Waals surface area (Å²) in [6.45, 7) is 8.99. The Morgan fingerprint density at radius 2 is 1.83 bits per heavy atom. The van der Waals surface area contributed by atoms with Gasteiger partial charge >= 0.3 is 6.09 Å². The van der Waals surface area contributed by atoms with Gasteiger partial charge in [0, 0.05) is 29.2 Å². The topological polar surface area (TPSA) is 60.3 Å². The molecule has 0 radical (unpaired) electrons. The highest BCUT2D eigenvalue weighted by Crippen LogP contribution is 2.32. The van der Waals surface area contributed by atoms with Crippen LogP contribution in [-0.4, -0.2) is 22.5 Å². The summed E-state index contributed by atoms with van der Waals surface area (Å²) in [6.07, 6.45) is 0.144. The summed E-state index contributed by atoms with van der Waals surface area (Å²) in [7, 11) is 1.94. The first-order valence-corrected chi connectivity index (χ1v) is 7.61. The Balaban J connectivity index is 2.51. The lowest BCUT2D eigenvalue weighted by Crippen LogP contribution is -2.47. The second-order valence-corrected chi connectivity index (χ2v) is 6.98. The largest absolute Gasteiger partial charge is 0.444 e. The minimum absolute atomic E-state index is 0.612. The van der Waals surface area contributed by atoms with E-state index in [4.69, 9.17) is 4.74 Å². The van der Waals surface area contributed by atoms with E-state index in [0.29, 0.717) is 0 Å². The van der Waals surface area contributed by atoms with Crippen LogP contribution in [0.15, 0.2) is 24.3 Å². The van der Waals surface area contributed by atoms with Crippen LogP contribution in [-0.2, 0) is 22.1 Å². The third kappa shape index (κ3) is 3.23. The van der Waals surface area contributed by atoms with Crippen LogP contribution >= 0.6 is 0 Å². The number of carbonyl (C=O) groups excluding carboxylic acids is 2. The van der Waals surface area contributed by atoms with Gasteiger partial charge in [0.2, 0.25) is 0 Å². The summed E-state index contributed by atoms with van der Waals surface area (Å²) in [5, 5.41) is 3.66. The number of nitrogens with zero attached hydrogens (tertiary/aromatic N) is 1. The smallest absolute Gasteiger partial charge is 0.408 e. The number of fused-ring (bicyclic) bond motifs is 1. The second kappa shape index (κ2) is 5.72. The van der Waals surface area contributed by atoms with E-state index in [1.807, 2.05) is 42.8 Å². The third-order valence-corrected chi connectivity index (χ3v) is 3.92. The molecule has 0 aliphatic rings. The van der Waals surface area contributed by atoms with Gasteiger partial charge < -0.3 is 19.4 Å². The number of hydrogen-bond acceptors (Lipinski definition) is 3. The van der Waals surface area contributed by atoms with Gasteiger partial charge in [-0.1, -0.05) is 18.2 Å². The number of benzene rings is 1. The first kappa shape index (κ1) is 17.1. The van der Waals surface area contributed by atoms with E-state index in [9.17, 15) is 9.59 Å². The van der Waals surface area contributed by atoms with Crippen molar-refractivity contribution in [2.45, 2.75) is 45.8 Å². The SMILES string of the molecule is Cc1c(C(C)(C=O)NC(=O)OC(C)(C)C)c2ccccc2n1C. The molecule has 0 fully saturated rings. The molecule has 2 rings (SSSR count). The van der Waals surface area contributed by atoms with E-state index in [0.717, 1.165) is 28.4 Å². The average Bonchev–Trinajstić information content (AvgIpc) is 2.69. The number of aromatic nitrogens is 1. The lowest BCUT2D eigenvalue weighted by Gasteiger charge is -2.28. The van der Waals surface area contributed by atoms with Crippen LogP contribution in [0.3, 0.4) is 0 Å². The van der Waals surface area contributed by atoms with Gasteiger partial charge in [0.15, 0.2) is 0 Å². The molecule has 0 aliphatic heterocycles. The number of hydrogen-bond donors (Lipinski definition) is 1. The lowest BCUT2D eigenvalue weighted by atomic mass is 9.91. The Labute approximate surface area is 136 Å². The quantitative estimate of drug-likeness (QED) is 0.883. The molecule has 0 spiro atoms. The van der Waals surface area contributed by atoms with E-state index in [-0.39, 0.29) is 0 Å². The van der Waals surface area contributed by atoms with Crippen LogP contribution in [0.1, 0.15) is 39.0 Å². The van der Waals surface area contributed by atoms with Gasteiger partial charge in [-0.15, -0.1) is 0 Å². The molecule has 1 unspecified atom stereocenters. The maximum Gasteiger partial charge on any atom is 0.408 e. The number of para-hydroxylation sites is 1. The molecule has 0 saturated carbocycles. The predicted octanol–water partition coefficient (Wildman–Crippen LogP) is 3.43. The fourth-order valence-corrected chi connectivity index (χ4v) is 2.84. The van der Waals surface area contributed by atoms with Gasteiger partial charge in [-0.2, -0.15) is 0 Å². The minimum atomic E-state index is -1.16. The number of nitrogens with one attached hydrogen (secondary N) is 1. The first-order valence-electron chi connectivity index (χ1n) is 7.61.